The van der Waals surface area contributed by atoms with Crippen LogP contribution in [0.3, 0.4) is 0 Å². The normalized spacial score (nSPS) is 10.6. The van der Waals surface area contributed by atoms with Crippen LogP contribution in [0.15, 0.2) is 44.6 Å². The highest BCUT2D eigenvalue weighted by Gasteiger charge is 2.04. The molecular formula is C12H10Br2N2OS. The third-order valence-electron chi connectivity index (χ3n) is 2.27. The van der Waals surface area contributed by atoms with Crippen molar-refractivity contribution in [1.29, 1.82) is 0 Å². The van der Waals surface area contributed by atoms with Gasteiger partial charge >= 0.3 is 0 Å². The zero-order valence-corrected chi connectivity index (χ0v) is 13.3. The fraction of sp³-hybridized carbons (Fsp3) is 0.167. The number of aromatic amines is 1. The number of H-pyrrole nitrogens is 1. The largest absolute Gasteiger partial charge is 0.310 e. The first-order valence-electron chi connectivity index (χ1n) is 5.21. The van der Waals surface area contributed by atoms with Crippen molar-refractivity contribution in [2.45, 2.75) is 16.0 Å². The van der Waals surface area contributed by atoms with Crippen LogP contribution in [-0.2, 0) is 11.1 Å². The lowest BCUT2D eigenvalue weighted by molar-refractivity contribution is 0.976. The van der Waals surface area contributed by atoms with Crippen molar-refractivity contribution in [2.75, 3.05) is 0 Å². The summed E-state index contributed by atoms with van der Waals surface area (Å²) < 4.78 is 1.05. The highest BCUT2D eigenvalue weighted by molar-refractivity contribution is 9.10. The van der Waals surface area contributed by atoms with E-state index in [9.17, 15) is 4.79 Å². The van der Waals surface area contributed by atoms with Gasteiger partial charge in [0.15, 0.2) is 0 Å². The van der Waals surface area contributed by atoms with Gasteiger partial charge in [0.1, 0.15) is 5.82 Å². The average molecular weight is 390 g/mol. The third-order valence-corrected chi connectivity index (χ3v) is 4.91. The molecule has 1 N–H and O–H groups in total. The van der Waals surface area contributed by atoms with Crippen molar-refractivity contribution < 1.29 is 0 Å². The minimum absolute atomic E-state index is 0.0791. The van der Waals surface area contributed by atoms with Gasteiger partial charge in [-0.1, -0.05) is 28.1 Å². The van der Waals surface area contributed by atoms with Crippen LogP contribution >= 0.6 is 43.6 Å². The Kier molecular flexibility index (Phi) is 5.03. The summed E-state index contributed by atoms with van der Waals surface area (Å²) in [7, 11) is 0. The number of rotatable bonds is 4. The second-order valence-corrected chi connectivity index (χ2v) is 5.97. The van der Waals surface area contributed by atoms with Gasteiger partial charge in [0.2, 0.25) is 0 Å². The van der Waals surface area contributed by atoms with E-state index < -0.39 is 0 Å². The maximum Gasteiger partial charge on any atom is 0.254 e. The molecule has 1 heterocycles. The zero-order chi connectivity index (χ0) is 13.0. The molecule has 3 nitrogen and oxygen atoms in total. The Morgan fingerprint density at radius 1 is 1.33 bits per heavy atom. The summed E-state index contributed by atoms with van der Waals surface area (Å²) in [5, 5.41) is 0.521. The Morgan fingerprint density at radius 2 is 2.11 bits per heavy atom. The van der Waals surface area contributed by atoms with Crippen molar-refractivity contribution in [3.63, 3.8) is 0 Å². The highest BCUT2D eigenvalue weighted by atomic mass is 79.9. The van der Waals surface area contributed by atoms with E-state index in [1.807, 2.05) is 24.3 Å². The summed E-state index contributed by atoms with van der Waals surface area (Å²) in [6.45, 7) is 0. The Bertz CT molecular complexity index is 601. The first-order valence-corrected chi connectivity index (χ1v) is 8.11. The van der Waals surface area contributed by atoms with Crippen LogP contribution in [-0.4, -0.2) is 9.97 Å². The van der Waals surface area contributed by atoms with Crippen molar-refractivity contribution in [3.05, 3.63) is 56.7 Å². The lowest BCUT2D eigenvalue weighted by atomic mass is 10.4. The molecule has 0 spiro atoms. The topological polar surface area (TPSA) is 45.8 Å². The van der Waals surface area contributed by atoms with Crippen LogP contribution in [0, 0.1) is 0 Å². The molecule has 2 rings (SSSR count). The van der Waals surface area contributed by atoms with E-state index in [1.54, 1.807) is 18.0 Å². The lowest BCUT2D eigenvalue weighted by Crippen LogP contribution is -2.14. The summed E-state index contributed by atoms with van der Waals surface area (Å²) >= 11 is 8.37. The molecule has 18 heavy (non-hydrogen) atoms. The Morgan fingerprint density at radius 3 is 2.78 bits per heavy atom. The number of hydrogen-bond acceptors (Lipinski definition) is 3. The van der Waals surface area contributed by atoms with Gasteiger partial charge in [-0.25, -0.2) is 4.98 Å². The van der Waals surface area contributed by atoms with Gasteiger partial charge in [0.25, 0.3) is 5.56 Å². The molecule has 0 unspecified atom stereocenters. The SMILES string of the molecule is O=c1[nH]c(CSc2ccccc2Br)ncc1CBr. The molecule has 0 atom stereocenters. The van der Waals surface area contributed by atoms with Gasteiger partial charge in [-0.05, 0) is 28.1 Å². The number of hydrogen-bond donors (Lipinski definition) is 1. The molecule has 0 aliphatic rings. The first-order chi connectivity index (χ1) is 8.70. The number of alkyl halides is 1. The molecule has 6 heteroatoms. The second kappa shape index (κ2) is 6.54. The van der Waals surface area contributed by atoms with Gasteiger partial charge in [0.05, 0.1) is 5.75 Å². The molecule has 0 saturated heterocycles. The minimum atomic E-state index is -0.0791. The van der Waals surface area contributed by atoms with Crippen molar-refractivity contribution in [1.82, 2.24) is 9.97 Å². The molecule has 0 aliphatic carbocycles. The Balaban J connectivity index is 2.09. The summed E-state index contributed by atoms with van der Waals surface area (Å²) in [5.41, 5.74) is 0.564. The molecular weight excluding hydrogens is 380 g/mol. The average Bonchev–Trinajstić information content (AvgIpc) is 2.38. The van der Waals surface area contributed by atoms with Gasteiger partial charge in [-0.15, -0.1) is 11.8 Å². The van der Waals surface area contributed by atoms with E-state index in [-0.39, 0.29) is 5.56 Å². The fourth-order valence-corrected chi connectivity index (χ4v) is 3.18. The number of nitrogens with zero attached hydrogens (tertiary/aromatic N) is 1. The second-order valence-electron chi connectivity index (χ2n) is 3.54. The third kappa shape index (κ3) is 3.46. The minimum Gasteiger partial charge on any atom is -0.310 e. The number of halogens is 2. The summed E-state index contributed by atoms with van der Waals surface area (Å²) in [6.07, 6.45) is 1.61. The van der Waals surface area contributed by atoms with Crippen LogP contribution in [0.2, 0.25) is 0 Å². The number of nitrogens with one attached hydrogen (secondary N) is 1. The van der Waals surface area contributed by atoms with Gasteiger partial charge in [-0.3, -0.25) is 4.79 Å². The zero-order valence-electron chi connectivity index (χ0n) is 9.32. The van der Waals surface area contributed by atoms with E-state index in [0.717, 1.165) is 9.37 Å². The summed E-state index contributed by atoms with van der Waals surface area (Å²) in [5.74, 6) is 1.32. The summed E-state index contributed by atoms with van der Waals surface area (Å²) in [4.78, 5) is 19.8. The van der Waals surface area contributed by atoms with Crippen molar-refractivity contribution in [2.24, 2.45) is 0 Å². The van der Waals surface area contributed by atoms with Gasteiger partial charge < -0.3 is 4.98 Å². The van der Waals surface area contributed by atoms with Crippen LogP contribution in [0.25, 0.3) is 0 Å². The molecule has 94 valence electrons. The predicted molar refractivity (Wildman–Crippen MR) is 81.2 cm³/mol. The molecule has 1 aromatic heterocycles. The van der Waals surface area contributed by atoms with Gasteiger partial charge in [-0.2, -0.15) is 0 Å². The number of aromatic nitrogens is 2. The van der Waals surface area contributed by atoms with Gasteiger partial charge in [0, 0.05) is 26.5 Å². The lowest BCUT2D eigenvalue weighted by Gasteiger charge is -2.04. The first kappa shape index (κ1) is 13.8. The maximum atomic E-state index is 11.6. The maximum absolute atomic E-state index is 11.6. The van der Waals surface area contributed by atoms with Crippen LogP contribution in [0.1, 0.15) is 11.4 Å². The molecule has 1 aromatic carbocycles. The summed E-state index contributed by atoms with van der Waals surface area (Å²) in [6, 6.07) is 7.97. The predicted octanol–water partition coefficient (Wildman–Crippen LogP) is 3.72. The van der Waals surface area contributed by atoms with Crippen molar-refractivity contribution in [3.8, 4) is 0 Å². The standard InChI is InChI=1S/C12H10Br2N2OS/c13-5-8-6-15-11(16-12(8)17)7-18-10-4-2-1-3-9(10)14/h1-4,6H,5,7H2,(H,15,16,17). The van der Waals surface area contributed by atoms with E-state index >= 15 is 0 Å². The fourth-order valence-electron chi connectivity index (χ4n) is 1.33. The molecule has 0 bridgehead atoms. The Labute approximate surface area is 126 Å². The van der Waals surface area contributed by atoms with E-state index in [4.69, 9.17) is 0 Å². The number of thioether (sulfide) groups is 1. The molecule has 2 aromatic rings. The van der Waals surface area contributed by atoms with Crippen LogP contribution < -0.4 is 5.56 Å². The smallest absolute Gasteiger partial charge is 0.254 e. The van der Waals surface area contributed by atoms with E-state index in [0.29, 0.717) is 22.5 Å². The molecule has 0 aliphatic heterocycles. The molecule has 0 saturated carbocycles. The van der Waals surface area contributed by atoms with Crippen LogP contribution in [0.5, 0.6) is 0 Å². The monoisotopic (exact) mass is 388 g/mol. The van der Waals surface area contributed by atoms with E-state index in [1.165, 1.54) is 0 Å². The number of benzene rings is 1. The van der Waals surface area contributed by atoms with Crippen molar-refractivity contribution >= 4 is 43.6 Å². The quantitative estimate of drug-likeness (QED) is 0.640. The molecule has 0 radical (unpaired) electrons. The Hall–Kier alpha value is -0.590. The molecule has 0 amide bonds. The van der Waals surface area contributed by atoms with E-state index in [2.05, 4.69) is 41.8 Å². The highest BCUT2D eigenvalue weighted by Crippen LogP contribution is 2.28. The molecule has 0 fully saturated rings. The van der Waals surface area contributed by atoms with Crippen LogP contribution in [0.4, 0.5) is 0 Å².